The number of rotatable bonds is 5. The van der Waals surface area contributed by atoms with Crippen LogP contribution in [0.25, 0.3) is 0 Å². The van der Waals surface area contributed by atoms with Gasteiger partial charge in [0.05, 0.1) is 24.3 Å². The van der Waals surface area contributed by atoms with E-state index in [0.29, 0.717) is 6.54 Å². The molecule has 1 heterocycles. The molecule has 2 N–H and O–H groups in total. The van der Waals surface area contributed by atoms with E-state index in [0.717, 1.165) is 11.9 Å². The number of carbonyl (C=O) groups is 1. The van der Waals surface area contributed by atoms with E-state index in [4.69, 9.17) is 0 Å². The Bertz CT molecular complexity index is 410. The smallest absolute Gasteiger partial charge is 0.221 e. The molecule has 7 heteroatoms. The van der Waals surface area contributed by atoms with Crippen LogP contribution in [0.2, 0.25) is 0 Å². The second-order valence-corrected chi connectivity index (χ2v) is 5.49. The van der Waals surface area contributed by atoms with Gasteiger partial charge in [-0.3, -0.25) is 4.79 Å². The number of nitrogens with zero attached hydrogens (tertiary/aromatic N) is 1. The van der Waals surface area contributed by atoms with E-state index >= 15 is 0 Å². The van der Waals surface area contributed by atoms with Gasteiger partial charge in [-0.2, -0.15) is 0 Å². The van der Waals surface area contributed by atoms with Crippen LogP contribution >= 0.6 is 0 Å². The van der Waals surface area contributed by atoms with Gasteiger partial charge in [0.1, 0.15) is 9.84 Å². The highest BCUT2D eigenvalue weighted by atomic mass is 32.2. The van der Waals surface area contributed by atoms with Gasteiger partial charge in [0.25, 0.3) is 0 Å². The van der Waals surface area contributed by atoms with Crippen LogP contribution in [0, 0.1) is 0 Å². The van der Waals surface area contributed by atoms with Crippen molar-refractivity contribution in [3.8, 4) is 0 Å². The molecule has 0 aliphatic rings. The van der Waals surface area contributed by atoms with Crippen molar-refractivity contribution < 1.29 is 13.2 Å². The minimum absolute atomic E-state index is 0.00697. The first-order valence-corrected chi connectivity index (χ1v) is 6.45. The number of H-pyrrole nitrogens is 1. The molecule has 0 atom stereocenters. The number of aromatic amines is 1. The van der Waals surface area contributed by atoms with Gasteiger partial charge in [-0.15, -0.1) is 0 Å². The number of aromatic nitrogens is 2. The molecule has 15 heavy (non-hydrogen) atoms. The maximum absolute atomic E-state index is 11.2. The van der Waals surface area contributed by atoms with Gasteiger partial charge >= 0.3 is 0 Å². The lowest BCUT2D eigenvalue weighted by molar-refractivity contribution is -0.120. The van der Waals surface area contributed by atoms with Crippen molar-refractivity contribution in [1.82, 2.24) is 15.3 Å². The summed E-state index contributed by atoms with van der Waals surface area (Å²) in [5.74, 6) is -0.406. The molecule has 84 valence electrons. The Morgan fingerprint density at radius 3 is 2.87 bits per heavy atom. The third-order valence-electron chi connectivity index (χ3n) is 1.73. The molecule has 0 aliphatic heterocycles. The highest BCUT2D eigenvalue weighted by Gasteiger charge is 2.07. The summed E-state index contributed by atoms with van der Waals surface area (Å²) in [5.41, 5.74) is 0.780. The van der Waals surface area contributed by atoms with Crippen molar-refractivity contribution in [3.63, 3.8) is 0 Å². The fourth-order valence-electron chi connectivity index (χ4n) is 0.942. The Morgan fingerprint density at radius 2 is 2.33 bits per heavy atom. The van der Waals surface area contributed by atoms with Crippen LogP contribution in [-0.2, 0) is 21.2 Å². The molecule has 1 aromatic rings. The summed E-state index contributed by atoms with van der Waals surface area (Å²) in [6.45, 7) is 0.336. The van der Waals surface area contributed by atoms with Crippen LogP contribution in [0.5, 0.6) is 0 Å². The number of carbonyl (C=O) groups excluding carboxylic acids is 1. The Balaban J connectivity index is 2.25. The maximum atomic E-state index is 11.2. The van der Waals surface area contributed by atoms with E-state index < -0.39 is 9.84 Å². The van der Waals surface area contributed by atoms with Gasteiger partial charge < -0.3 is 10.3 Å². The molecule has 6 nitrogen and oxygen atoms in total. The van der Waals surface area contributed by atoms with Gasteiger partial charge in [0.2, 0.25) is 5.91 Å². The summed E-state index contributed by atoms with van der Waals surface area (Å²) in [6, 6.07) is 0. The molecule has 1 amide bonds. The third kappa shape index (κ3) is 5.16. The van der Waals surface area contributed by atoms with Gasteiger partial charge in [-0.1, -0.05) is 0 Å². The summed E-state index contributed by atoms with van der Waals surface area (Å²) in [7, 11) is -3.07. The lowest BCUT2D eigenvalue weighted by atomic mass is 10.4. The van der Waals surface area contributed by atoms with E-state index in [1.807, 2.05) is 0 Å². The monoisotopic (exact) mass is 231 g/mol. The predicted octanol–water partition coefficient (Wildman–Crippen LogP) is -0.539. The standard InChI is InChI=1S/C8H13N3O3S/c1-15(13,14)3-2-8(12)10-5-7-4-9-6-11-7/h4,6H,2-3,5H2,1H3,(H,9,11)(H,10,12). The molecule has 0 radical (unpaired) electrons. The number of hydrogen-bond donors (Lipinski definition) is 2. The van der Waals surface area contributed by atoms with Gasteiger partial charge in [0.15, 0.2) is 0 Å². The van der Waals surface area contributed by atoms with Gasteiger partial charge in [-0.05, 0) is 0 Å². The van der Waals surface area contributed by atoms with Crippen LogP contribution in [0.1, 0.15) is 12.1 Å². The van der Waals surface area contributed by atoms with Crippen molar-refractivity contribution in [2.75, 3.05) is 12.0 Å². The van der Waals surface area contributed by atoms with Crippen LogP contribution in [-0.4, -0.2) is 36.3 Å². The van der Waals surface area contributed by atoms with Crippen molar-refractivity contribution in [3.05, 3.63) is 18.2 Å². The summed E-state index contributed by atoms with van der Waals surface area (Å²) in [5, 5.41) is 2.58. The quantitative estimate of drug-likeness (QED) is 0.712. The van der Waals surface area contributed by atoms with Crippen LogP contribution in [0.3, 0.4) is 0 Å². The minimum atomic E-state index is -3.07. The zero-order valence-corrected chi connectivity index (χ0v) is 9.17. The first-order valence-electron chi connectivity index (χ1n) is 4.39. The average molecular weight is 231 g/mol. The van der Waals surface area contributed by atoms with Crippen LogP contribution < -0.4 is 5.32 Å². The first-order chi connectivity index (χ1) is 6.97. The van der Waals surface area contributed by atoms with Gasteiger partial charge in [0, 0.05) is 18.9 Å². The molecule has 0 aromatic carbocycles. The normalized spacial score (nSPS) is 11.3. The minimum Gasteiger partial charge on any atom is -0.350 e. The van der Waals surface area contributed by atoms with Crippen molar-refractivity contribution in [2.45, 2.75) is 13.0 Å². The van der Waals surface area contributed by atoms with Gasteiger partial charge in [-0.25, -0.2) is 13.4 Å². The highest BCUT2D eigenvalue weighted by molar-refractivity contribution is 7.90. The highest BCUT2D eigenvalue weighted by Crippen LogP contribution is 1.92. The summed E-state index contributed by atoms with van der Waals surface area (Å²) in [4.78, 5) is 17.8. The average Bonchev–Trinajstić information content (AvgIpc) is 2.62. The van der Waals surface area contributed by atoms with Crippen molar-refractivity contribution in [1.29, 1.82) is 0 Å². The summed E-state index contributed by atoms with van der Waals surface area (Å²) < 4.78 is 21.5. The molecule has 1 aromatic heterocycles. The fourth-order valence-corrected chi connectivity index (χ4v) is 1.50. The van der Waals surface area contributed by atoms with E-state index in [2.05, 4.69) is 15.3 Å². The largest absolute Gasteiger partial charge is 0.350 e. The Morgan fingerprint density at radius 1 is 1.60 bits per heavy atom. The maximum Gasteiger partial charge on any atom is 0.221 e. The molecule has 0 spiro atoms. The SMILES string of the molecule is CS(=O)(=O)CCC(=O)NCc1cnc[nH]1. The molecule has 0 bridgehead atoms. The molecule has 0 saturated carbocycles. The summed E-state index contributed by atoms with van der Waals surface area (Å²) >= 11 is 0. The number of imidazole rings is 1. The number of sulfone groups is 1. The molecule has 0 fully saturated rings. The van der Waals surface area contributed by atoms with Crippen LogP contribution in [0.4, 0.5) is 0 Å². The van der Waals surface area contributed by atoms with Crippen molar-refractivity contribution in [2.24, 2.45) is 0 Å². The molecule has 0 unspecified atom stereocenters. The van der Waals surface area contributed by atoms with E-state index in [-0.39, 0.29) is 18.1 Å². The Kier molecular flexibility index (Phi) is 3.84. The third-order valence-corrected chi connectivity index (χ3v) is 2.68. The zero-order chi connectivity index (χ0) is 11.3. The van der Waals surface area contributed by atoms with E-state index in [9.17, 15) is 13.2 Å². The summed E-state index contributed by atoms with van der Waals surface area (Å²) in [6.07, 6.45) is 4.21. The fraction of sp³-hybridized carbons (Fsp3) is 0.500. The Hall–Kier alpha value is -1.37. The predicted molar refractivity (Wildman–Crippen MR) is 54.8 cm³/mol. The van der Waals surface area contributed by atoms with Crippen molar-refractivity contribution >= 4 is 15.7 Å². The first kappa shape index (κ1) is 11.7. The second-order valence-electron chi connectivity index (χ2n) is 3.23. The van der Waals surface area contributed by atoms with E-state index in [1.165, 1.54) is 6.33 Å². The number of nitrogens with one attached hydrogen (secondary N) is 2. The lowest BCUT2D eigenvalue weighted by Gasteiger charge is -2.02. The molecular formula is C8H13N3O3S. The molecule has 1 rings (SSSR count). The number of hydrogen-bond acceptors (Lipinski definition) is 4. The Labute approximate surface area is 88.0 Å². The molecule has 0 saturated heterocycles. The second kappa shape index (κ2) is 4.92. The molecule has 0 aliphatic carbocycles. The topological polar surface area (TPSA) is 91.9 Å². The lowest BCUT2D eigenvalue weighted by Crippen LogP contribution is -2.25. The van der Waals surface area contributed by atoms with E-state index in [1.54, 1.807) is 6.20 Å². The molecular weight excluding hydrogens is 218 g/mol. The number of amides is 1. The zero-order valence-electron chi connectivity index (χ0n) is 8.36. The van der Waals surface area contributed by atoms with Crippen LogP contribution in [0.15, 0.2) is 12.5 Å².